The minimum atomic E-state index is -0.638. The van der Waals surface area contributed by atoms with Crippen LogP contribution in [0.15, 0.2) is 35.9 Å². The van der Waals surface area contributed by atoms with Crippen LogP contribution in [0.1, 0.15) is 5.56 Å². The van der Waals surface area contributed by atoms with E-state index in [2.05, 4.69) is 4.74 Å². The first-order valence-electron chi connectivity index (χ1n) is 5.47. The zero-order valence-corrected chi connectivity index (χ0v) is 10.9. The van der Waals surface area contributed by atoms with Crippen molar-refractivity contribution in [3.8, 4) is 5.75 Å². The molecule has 5 heteroatoms. The van der Waals surface area contributed by atoms with E-state index in [1.54, 1.807) is 6.08 Å². The van der Waals surface area contributed by atoms with Gasteiger partial charge in [-0.2, -0.15) is 0 Å². The zero-order chi connectivity index (χ0) is 13.4. The van der Waals surface area contributed by atoms with Crippen molar-refractivity contribution in [2.75, 3.05) is 13.7 Å². The smallest absolute Gasteiger partial charge is 0.322 e. The van der Waals surface area contributed by atoms with E-state index in [0.29, 0.717) is 13.0 Å². The highest BCUT2D eigenvalue weighted by molar-refractivity contribution is 6.25. The predicted molar refractivity (Wildman–Crippen MR) is 70.6 cm³/mol. The number of carbonyl (C=O) groups excluding carboxylic acids is 1. The van der Waals surface area contributed by atoms with E-state index in [-0.39, 0.29) is 0 Å². The average Bonchev–Trinajstić information content (AvgIpc) is 2.40. The van der Waals surface area contributed by atoms with Crippen molar-refractivity contribution < 1.29 is 14.3 Å². The van der Waals surface area contributed by atoms with Crippen LogP contribution in [0.4, 0.5) is 0 Å². The molecule has 0 fully saturated rings. The number of carbonyl (C=O) groups is 1. The van der Waals surface area contributed by atoms with Gasteiger partial charge in [-0.1, -0.05) is 23.7 Å². The normalized spacial score (nSPS) is 12.4. The van der Waals surface area contributed by atoms with Crippen LogP contribution in [0.25, 0.3) is 0 Å². The maximum atomic E-state index is 11.2. The number of benzene rings is 1. The first kappa shape index (κ1) is 14.5. The number of esters is 1. The van der Waals surface area contributed by atoms with E-state index >= 15 is 0 Å². The second-order valence-electron chi connectivity index (χ2n) is 3.65. The Morgan fingerprint density at radius 1 is 1.44 bits per heavy atom. The molecule has 18 heavy (non-hydrogen) atoms. The Morgan fingerprint density at radius 2 is 2.11 bits per heavy atom. The van der Waals surface area contributed by atoms with Crippen LogP contribution in [0.5, 0.6) is 5.75 Å². The fraction of sp³-hybridized carbons (Fsp3) is 0.308. The monoisotopic (exact) mass is 269 g/mol. The van der Waals surface area contributed by atoms with Crippen LogP contribution in [-0.2, 0) is 16.0 Å². The Labute approximate surface area is 111 Å². The maximum absolute atomic E-state index is 11.2. The highest BCUT2D eigenvalue weighted by Gasteiger charge is 2.13. The fourth-order valence-corrected chi connectivity index (χ4v) is 1.46. The van der Waals surface area contributed by atoms with Gasteiger partial charge in [-0.15, -0.1) is 0 Å². The number of rotatable bonds is 6. The summed E-state index contributed by atoms with van der Waals surface area (Å²) in [5.74, 6) is 0.322. The lowest BCUT2D eigenvalue weighted by Crippen LogP contribution is -2.33. The molecule has 0 bridgehead atoms. The molecule has 0 spiro atoms. The molecule has 0 amide bonds. The number of methoxy groups -OCH3 is 1. The SMILES string of the molecule is COC(=O)C(N)Cc1ccc(OC/C=C/Cl)cc1. The third-order valence-corrected chi connectivity index (χ3v) is 2.50. The van der Waals surface area contributed by atoms with Gasteiger partial charge in [0.1, 0.15) is 18.4 Å². The molecule has 0 radical (unpaired) electrons. The summed E-state index contributed by atoms with van der Waals surface area (Å²) >= 11 is 5.38. The van der Waals surface area contributed by atoms with Gasteiger partial charge < -0.3 is 15.2 Å². The van der Waals surface area contributed by atoms with Crippen LogP contribution >= 0.6 is 11.6 Å². The third kappa shape index (κ3) is 4.77. The molecular weight excluding hydrogens is 254 g/mol. The Balaban J connectivity index is 2.52. The summed E-state index contributed by atoms with van der Waals surface area (Å²) in [5, 5.41) is 0. The standard InChI is InChI=1S/C13H16ClNO3/c1-17-13(16)12(15)9-10-3-5-11(6-4-10)18-8-2-7-14/h2-7,12H,8-9,15H2,1H3/b7-2+. The average molecular weight is 270 g/mol. The van der Waals surface area contributed by atoms with E-state index in [1.807, 2.05) is 24.3 Å². The van der Waals surface area contributed by atoms with Gasteiger partial charge in [-0.3, -0.25) is 4.79 Å². The molecule has 1 unspecified atom stereocenters. The van der Waals surface area contributed by atoms with E-state index in [9.17, 15) is 4.79 Å². The zero-order valence-electron chi connectivity index (χ0n) is 10.1. The lowest BCUT2D eigenvalue weighted by atomic mass is 10.1. The number of hydrogen-bond acceptors (Lipinski definition) is 4. The molecule has 4 nitrogen and oxygen atoms in total. The highest BCUT2D eigenvalue weighted by atomic mass is 35.5. The van der Waals surface area contributed by atoms with Crippen molar-refractivity contribution in [2.45, 2.75) is 12.5 Å². The second-order valence-corrected chi connectivity index (χ2v) is 3.90. The highest BCUT2D eigenvalue weighted by Crippen LogP contribution is 2.13. The molecule has 0 heterocycles. The molecule has 0 aromatic heterocycles. The molecule has 1 rings (SSSR count). The first-order chi connectivity index (χ1) is 8.67. The molecule has 0 saturated carbocycles. The molecule has 1 aromatic carbocycles. The van der Waals surface area contributed by atoms with E-state index in [4.69, 9.17) is 22.1 Å². The van der Waals surface area contributed by atoms with Crippen LogP contribution in [0.2, 0.25) is 0 Å². The molecule has 1 atom stereocenters. The van der Waals surface area contributed by atoms with Crippen molar-refractivity contribution >= 4 is 17.6 Å². The fourth-order valence-electron chi connectivity index (χ4n) is 1.39. The maximum Gasteiger partial charge on any atom is 0.322 e. The van der Waals surface area contributed by atoms with E-state index in [1.165, 1.54) is 12.6 Å². The van der Waals surface area contributed by atoms with Gasteiger partial charge in [0.15, 0.2) is 0 Å². The van der Waals surface area contributed by atoms with Crippen LogP contribution < -0.4 is 10.5 Å². The lowest BCUT2D eigenvalue weighted by Gasteiger charge is -2.09. The van der Waals surface area contributed by atoms with Gasteiger partial charge in [0.05, 0.1) is 7.11 Å². The van der Waals surface area contributed by atoms with Gasteiger partial charge in [0.2, 0.25) is 0 Å². The van der Waals surface area contributed by atoms with Crippen LogP contribution in [0.3, 0.4) is 0 Å². The number of nitrogens with two attached hydrogens (primary N) is 1. The topological polar surface area (TPSA) is 61.5 Å². The first-order valence-corrected chi connectivity index (χ1v) is 5.91. The molecule has 0 aliphatic heterocycles. The number of halogens is 1. The van der Waals surface area contributed by atoms with Crippen molar-refractivity contribution in [3.05, 3.63) is 41.4 Å². The van der Waals surface area contributed by atoms with Gasteiger partial charge in [-0.05, 0) is 30.2 Å². The summed E-state index contributed by atoms with van der Waals surface area (Å²) < 4.78 is 9.95. The summed E-state index contributed by atoms with van der Waals surface area (Å²) in [6.07, 6.45) is 2.14. The molecule has 0 aliphatic carbocycles. The van der Waals surface area contributed by atoms with E-state index in [0.717, 1.165) is 11.3 Å². The van der Waals surface area contributed by atoms with Gasteiger partial charge >= 0.3 is 5.97 Å². The Morgan fingerprint density at radius 3 is 2.67 bits per heavy atom. The van der Waals surface area contributed by atoms with Crippen molar-refractivity contribution in [2.24, 2.45) is 5.73 Å². The Bertz CT molecular complexity index is 403. The molecule has 2 N–H and O–H groups in total. The minimum absolute atomic E-state index is 0.414. The summed E-state index contributed by atoms with van der Waals surface area (Å²) in [5.41, 5.74) is 8.02. The minimum Gasteiger partial charge on any atom is -0.490 e. The Kier molecular flexibility index (Phi) is 6.25. The molecule has 0 saturated heterocycles. The predicted octanol–water partition coefficient (Wildman–Crippen LogP) is 1.86. The van der Waals surface area contributed by atoms with Crippen molar-refractivity contribution in [3.63, 3.8) is 0 Å². The second kappa shape index (κ2) is 7.74. The summed E-state index contributed by atoms with van der Waals surface area (Å²) in [6.45, 7) is 0.421. The number of ether oxygens (including phenoxy) is 2. The Hall–Kier alpha value is -1.52. The lowest BCUT2D eigenvalue weighted by molar-refractivity contribution is -0.142. The van der Waals surface area contributed by atoms with Crippen LogP contribution in [0, 0.1) is 0 Å². The largest absolute Gasteiger partial charge is 0.490 e. The molecule has 1 aromatic rings. The molecule has 98 valence electrons. The summed E-state index contributed by atoms with van der Waals surface area (Å²) in [7, 11) is 1.32. The van der Waals surface area contributed by atoms with E-state index < -0.39 is 12.0 Å². The third-order valence-electron chi connectivity index (χ3n) is 2.32. The summed E-state index contributed by atoms with van der Waals surface area (Å²) in [4.78, 5) is 11.2. The molecular formula is C13H16ClNO3. The molecule has 0 aliphatic rings. The van der Waals surface area contributed by atoms with Gasteiger partial charge in [-0.25, -0.2) is 0 Å². The quantitative estimate of drug-likeness (QED) is 0.801. The van der Waals surface area contributed by atoms with Crippen LogP contribution in [-0.4, -0.2) is 25.7 Å². The van der Waals surface area contributed by atoms with Gasteiger partial charge in [0.25, 0.3) is 0 Å². The van der Waals surface area contributed by atoms with Gasteiger partial charge in [0, 0.05) is 5.54 Å². The van der Waals surface area contributed by atoms with Crippen molar-refractivity contribution in [1.82, 2.24) is 0 Å². The van der Waals surface area contributed by atoms with Crippen molar-refractivity contribution in [1.29, 1.82) is 0 Å². The summed E-state index contributed by atoms with van der Waals surface area (Å²) in [6, 6.07) is 6.73. The number of hydrogen-bond donors (Lipinski definition) is 1.